The van der Waals surface area contributed by atoms with Crippen molar-refractivity contribution in [1.29, 1.82) is 5.41 Å². The summed E-state index contributed by atoms with van der Waals surface area (Å²) in [6, 6.07) is 0. The van der Waals surface area contributed by atoms with Crippen molar-refractivity contribution in [2.45, 2.75) is 13.3 Å². The number of hydrogen-bond acceptors (Lipinski definition) is 4. The van der Waals surface area contributed by atoms with E-state index < -0.39 is 6.09 Å². The molecule has 0 rings (SSSR count). The van der Waals surface area contributed by atoms with E-state index in [9.17, 15) is 4.79 Å². The van der Waals surface area contributed by atoms with Gasteiger partial charge in [-0.2, -0.15) is 0 Å². The first-order valence-electron chi connectivity index (χ1n) is 3.21. The largest absolute Gasteiger partial charge is 0.411 e. The first-order valence-corrected chi connectivity index (χ1v) is 3.21. The molecule has 0 aromatic carbocycles. The quantitative estimate of drug-likeness (QED) is 0.403. The molecule has 5 heteroatoms. The van der Waals surface area contributed by atoms with E-state index in [1.807, 2.05) is 0 Å². The smallest absolute Gasteiger partial charge is 0.396 e. The van der Waals surface area contributed by atoms with Crippen molar-refractivity contribution in [2.24, 2.45) is 11.7 Å². The summed E-state index contributed by atoms with van der Waals surface area (Å²) in [5.74, 6) is -0.291. The molecular weight excluding hydrogens is 148 g/mol. The van der Waals surface area contributed by atoms with Crippen molar-refractivity contribution in [3.8, 4) is 0 Å². The van der Waals surface area contributed by atoms with Gasteiger partial charge in [-0.05, 0) is 5.92 Å². The lowest BCUT2D eigenvalue weighted by atomic mass is 10.1. The second kappa shape index (κ2) is 4.68. The van der Waals surface area contributed by atoms with Crippen molar-refractivity contribution in [3.63, 3.8) is 0 Å². The van der Waals surface area contributed by atoms with Gasteiger partial charge in [-0.15, -0.1) is 0 Å². The van der Waals surface area contributed by atoms with Crippen LogP contribution in [0.1, 0.15) is 13.3 Å². The van der Waals surface area contributed by atoms with Crippen molar-refractivity contribution in [2.75, 3.05) is 6.61 Å². The second-order valence-electron chi connectivity index (χ2n) is 2.34. The molecule has 0 radical (unpaired) electrons. The Morgan fingerprint density at radius 2 is 2.36 bits per heavy atom. The van der Waals surface area contributed by atoms with Gasteiger partial charge in [-0.3, -0.25) is 5.41 Å². The summed E-state index contributed by atoms with van der Waals surface area (Å²) in [5.41, 5.74) is 4.65. The summed E-state index contributed by atoms with van der Waals surface area (Å²) < 4.78 is 4.23. The summed E-state index contributed by atoms with van der Waals surface area (Å²) in [4.78, 5) is 10.1. The number of rotatable bonds is 3. The molecular formula is C6H12N2O3. The van der Waals surface area contributed by atoms with Crippen LogP contribution in [0.3, 0.4) is 0 Å². The Morgan fingerprint density at radius 1 is 1.82 bits per heavy atom. The van der Waals surface area contributed by atoms with Gasteiger partial charge in [0, 0.05) is 13.0 Å². The topological polar surface area (TPSA) is 96.4 Å². The first-order chi connectivity index (χ1) is 5.06. The fraction of sp³-hybridized carbons (Fsp3) is 0.667. The van der Waals surface area contributed by atoms with Gasteiger partial charge in [-0.25, -0.2) is 4.79 Å². The Morgan fingerprint density at radius 3 is 2.73 bits per heavy atom. The zero-order chi connectivity index (χ0) is 8.85. The number of carbonyl (C=O) groups is 1. The lowest BCUT2D eigenvalue weighted by Crippen LogP contribution is -2.20. The van der Waals surface area contributed by atoms with Crippen LogP contribution < -0.4 is 5.73 Å². The molecule has 1 unspecified atom stereocenters. The van der Waals surface area contributed by atoms with Gasteiger partial charge < -0.3 is 15.6 Å². The minimum absolute atomic E-state index is 0.0372. The zero-order valence-electron chi connectivity index (χ0n) is 6.33. The van der Waals surface area contributed by atoms with Crippen molar-refractivity contribution in [1.82, 2.24) is 0 Å². The highest BCUT2D eigenvalue weighted by Gasteiger charge is 2.07. The Bertz CT molecular complexity index is 158. The van der Waals surface area contributed by atoms with Gasteiger partial charge in [0.05, 0.1) is 0 Å². The Balaban J connectivity index is 3.60. The molecule has 1 atom stereocenters. The molecule has 0 aromatic heterocycles. The molecule has 0 aliphatic carbocycles. The third kappa shape index (κ3) is 5.35. The number of ether oxygens (including phenoxy) is 1. The van der Waals surface area contributed by atoms with E-state index >= 15 is 0 Å². The van der Waals surface area contributed by atoms with E-state index in [-0.39, 0.29) is 24.8 Å². The van der Waals surface area contributed by atoms with Gasteiger partial charge in [0.25, 0.3) is 0 Å². The van der Waals surface area contributed by atoms with Crippen molar-refractivity contribution in [3.05, 3.63) is 0 Å². The standard InChI is InChI=1S/C6H12N2O3/c1-4(3-9)2-5(7)11-6(8)10/h4,7,9H,2-3H2,1H3,(H2,8,10). The molecule has 0 spiro atoms. The third-order valence-corrected chi connectivity index (χ3v) is 1.07. The second-order valence-corrected chi connectivity index (χ2v) is 2.34. The van der Waals surface area contributed by atoms with E-state index in [1.54, 1.807) is 6.92 Å². The van der Waals surface area contributed by atoms with Gasteiger partial charge in [0.15, 0.2) is 5.90 Å². The number of primary amides is 1. The SMILES string of the molecule is CC(CO)CC(=N)OC(N)=O. The highest BCUT2D eigenvalue weighted by atomic mass is 16.6. The predicted octanol–water partition coefficient (Wildman–Crippen LogP) is 0.0775. The molecule has 0 heterocycles. The third-order valence-electron chi connectivity index (χ3n) is 1.07. The minimum atomic E-state index is -0.986. The summed E-state index contributed by atoms with van der Waals surface area (Å²) in [6.07, 6.45) is -0.764. The number of aliphatic hydroxyl groups is 1. The summed E-state index contributed by atoms with van der Waals surface area (Å²) in [6.45, 7) is 1.70. The summed E-state index contributed by atoms with van der Waals surface area (Å²) >= 11 is 0. The van der Waals surface area contributed by atoms with Gasteiger partial charge in [0.1, 0.15) is 0 Å². The maximum Gasteiger partial charge on any atom is 0.411 e. The average Bonchev–Trinajstić information content (AvgIpc) is 1.85. The van der Waals surface area contributed by atoms with Crippen LogP contribution in [-0.2, 0) is 4.74 Å². The molecule has 0 bridgehead atoms. The van der Waals surface area contributed by atoms with Gasteiger partial charge in [0.2, 0.25) is 0 Å². The van der Waals surface area contributed by atoms with Crippen LogP contribution >= 0.6 is 0 Å². The maximum absolute atomic E-state index is 10.1. The van der Waals surface area contributed by atoms with E-state index in [4.69, 9.17) is 10.5 Å². The molecule has 0 saturated carbocycles. The molecule has 5 nitrogen and oxygen atoms in total. The van der Waals surface area contributed by atoms with E-state index in [1.165, 1.54) is 0 Å². The van der Waals surface area contributed by atoms with Crippen LogP contribution in [0.15, 0.2) is 0 Å². The van der Waals surface area contributed by atoms with Crippen LogP contribution in [0.2, 0.25) is 0 Å². The summed E-state index contributed by atoms with van der Waals surface area (Å²) in [7, 11) is 0. The van der Waals surface area contributed by atoms with Gasteiger partial charge >= 0.3 is 6.09 Å². The normalized spacial score (nSPS) is 12.2. The molecule has 0 aliphatic heterocycles. The Labute approximate surface area is 64.7 Å². The highest BCUT2D eigenvalue weighted by Crippen LogP contribution is 2.01. The van der Waals surface area contributed by atoms with Crippen LogP contribution in [0.5, 0.6) is 0 Å². The number of nitrogens with one attached hydrogen (secondary N) is 1. The fourth-order valence-corrected chi connectivity index (χ4v) is 0.544. The lowest BCUT2D eigenvalue weighted by molar-refractivity contribution is 0.201. The van der Waals surface area contributed by atoms with Crippen molar-refractivity contribution >= 4 is 12.0 Å². The van der Waals surface area contributed by atoms with Crippen LogP contribution in [0.25, 0.3) is 0 Å². The van der Waals surface area contributed by atoms with Crippen LogP contribution in [0, 0.1) is 11.3 Å². The van der Waals surface area contributed by atoms with E-state index in [2.05, 4.69) is 10.5 Å². The van der Waals surface area contributed by atoms with E-state index in [0.717, 1.165) is 0 Å². The number of nitrogens with two attached hydrogens (primary N) is 1. The number of hydrogen-bond donors (Lipinski definition) is 3. The molecule has 11 heavy (non-hydrogen) atoms. The molecule has 1 amide bonds. The maximum atomic E-state index is 10.1. The molecule has 0 fully saturated rings. The first kappa shape index (κ1) is 9.90. The van der Waals surface area contributed by atoms with Gasteiger partial charge in [-0.1, -0.05) is 6.92 Å². The summed E-state index contributed by atoms with van der Waals surface area (Å²) in [5, 5.41) is 15.6. The Hall–Kier alpha value is -1.10. The number of carbonyl (C=O) groups excluding carboxylic acids is 1. The molecule has 64 valence electrons. The Kier molecular flexibility index (Phi) is 4.21. The average molecular weight is 160 g/mol. The lowest BCUT2D eigenvalue weighted by Gasteiger charge is -2.06. The minimum Gasteiger partial charge on any atom is -0.396 e. The van der Waals surface area contributed by atoms with Crippen LogP contribution in [0.4, 0.5) is 4.79 Å². The monoisotopic (exact) mass is 160 g/mol. The number of aliphatic hydroxyl groups excluding tert-OH is 1. The molecule has 4 N–H and O–H groups in total. The van der Waals surface area contributed by atoms with E-state index in [0.29, 0.717) is 0 Å². The van der Waals surface area contributed by atoms with Crippen LogP contribution in [-0.4, -0.2) is 23.7 Å². The zero-order valence-corrected chi connectivity index (χ0v) is 6.33. The molecule has 0 saturated heterocycles. The number of amides is 1. The predicted molar refractivity (Wildman–Crippen MR) is 39.3 cm³/mol. The highest BCUT2D eigenvalue weighted by molar-refractivity contribution is 5.85. The fourth-order valence-electron chi connectivity index (χ4n) is 0.544. The molecule has 0 aliphatic rings. The van der Waals surface area contributed by atoms with Crippen molar-refractivity contribution < 1.29 is 14.6 Å². The molecule has 0 aromatic rings.